The highest BCUT2D eigenvalue weighted by Gasteiger charge is 1.84. The molecule has 0 aliphatic heterocycles. The number of hydrogen-bond acceptors (Lipinski definition) is 2. The van der Waals surface area contributed by atoms with E-state index in [1.165, 1.54) is 0 Å². The zero-order valence-corrected chi connectivity index (χ0v) is 7.21. The van der Waals surface area contributed by atoms with Crippen molar-refractivity contribution in [2.45, 2.75) is 13.8 Å². The molecule has 0 spiro atoms. The van der Waals surface area contributed by atoms with Crippen molar-refractivity contribution in [3.63, 3.8) is 0 Å². The highest BCUT2D eigenvalue weighted by Crippen LogP contribution is 1.84. The van der Waals surface area contributed by atoms with Gasteiger partial charge in [0.25, 0.3) is 0 Å². The number of aldehydes is 1. The summed E-state index contributed by atoms with van der Waals surface area (Å²) in [5.41, 5.74) is 0.810. The lowest BCUT2D eigenvalue weighted by Crippen LogP contribution is -1.85. The van der Waals surface area contributed by atoms with Crippen LogP contribution in [0.15, 0.2) is 24.8 Å². The molecule has 0 heterocycles. The summed E-state index contributed by atoms with van der Waals surface area (Å²) in [6, 6.07) is 0. The van der Waals surface area contributed by atoms with Crippen LogP contribution < -0.4 is 0 Å². The van der Waals surface area contributed by atoms with Gasteiger partial charge in [0.1, 0.15) is 6.29 Å². The second kappa shape index (κ2) is 9.11. The van der Waals surface area contributed by atoms with Crippen molar-refractivity contribution >= 4 is 6.29 Å². The molecule has 0 fully saturated rings. The fourth-order valence-electron chi connectivity index (χ4n) is 0.0556. The van der Waals surface area contributed by atoms with E-state index in [0.29, 0.717) is 0 Å². The normalized spacial score (nSPS) is 10.5. The molecule has 0 aliphatic carbocycles. The van der Waals surface area contributed by atoms with Crippen LogP contribution in [-0.4, -0.2) is 18.0 Å². The lowest BCUT2D eigenvalue weighted by atomic mass is 10.2. The molecule has 0 rings (SSSR count). The van der Waals surface area contributed by atoms with Crippen molar-refractivity contribution in [2.75, 3.05) is 6.61 Å². The summed E-state index contributed by atoms with van der Waals surface area (Å²) < 4.78 is 0. The van der Waals surface area contributed by atoms with Crippen LogP contribution in [0.3, 0.4) is 0 Å². The molecule has 64 valence electrons. The van der Waals surface area contributed by atoms with E-state index in [1.54, 1.807) is 19.9 Å². The fraction of sp³-hybridized carbons (Fsp3) is 0.444. The Labute approximate surface area is 68.2 Å². The van der Waals surface area contributed by atoms with Gasteiger partial charge in [0, 0.05) is 5.92 Å². The molecule has 0 radical (unpaired) electrons. The lowest BCUT2D eigenvalue weighted by molar-refractivity contribution is -0.109. The average molecular weight is 156 g/mol. The maximum absolute atomic E-state index is 9.66. The van der Waals surface area contributed by atoms with Crippen LogP contribution >= 0.6 is 0 Å². The molecule has 11 heavy (non-hydrogen) atoms. The van der Waals surface area contributed by atoms with Gasteiger partial charge in [-0.15, -0.1) is 6.58 Å². The van der Waals surface area contributed by atoms with E-state index in [9.17, 15) is 4.79 Å². The molecule has 1 unspecified atom stereocenters. The van der Waals surface area contributed by atoms with Gasteiger partial charge in [0.2, 0.25) is 0 Å². The summed E-state index contributed by atoms with van der Waals surface area (Å²) in [5, 5.41) is 8.04. The third-order valence-corrected chi connectivity index (χ3v) is 0.856. The van der Waals surface area contributed by atoms with Gasteiger partial charge in [0.15, 0.2) is 0 Å². The average Bonchev–Trinajstić information content (AvgIpc) is 2.04. The second-order valence-electron chi connectivity index (χ2n) is 2.35. The molecular formula is C9H16O2. The standard InChI is InChI=1S/C5H8O.C4H8O/c1-3-5(2)4-6;1-4(2)3-5/h3-5H,1H2,2H3;5H,1,3H2,2H3. The van der Waals surface area contributed by atoms with Crippen LogP contribution in [0, 0.1) is 5.92 Å². The minimum Gasteiger partial charge on any atom is -0.392 e. The van der Waals surface area contributed by atoms with Gasteiger partial charge >= 0.3 is 0 Å². The topological polar surface area (TPSA) is 37.3 Å². The van der Waals surface area contributed by atoms with Crippen molar-refractivity contribution in [3.8, 4) is 0 Å². The molecule has 2 nitrogen and oxygen atoms in total. The first kappa shape index (κ1) is 12.8. The Kier molecular flexibility index (Phi) is 10.6. The van der Waals surface area contributed by atoms with E-state index in [-0.39, 0.29) is 12.5 Å². The Morgan fingerprint density at radius 3 is 2.09 bits per heavy atom. The zero-order valence-electron chi connectivity index (χ0n) is 7.21. The fourth-order valence-corrected chi connectivity index (χ4v) is 0.0556. The van der Waals surface area contributed by atoms with Crippen LogP contribution in [0.25, 0.3) is 0 Å². The molecule has 0 amide bonds. The van der Waals surface area contributed by atoms with Gasteiger partial charge in [0.05, 0.1) is 6.61 Å². The highest BCUT2D eigenvalue weighted by atomic mass is 16.3. The number of aliphatic hydroxyl groups is 1. The molecule has 1 atom stereocenters. The van der Waals surface area contributed by atoms with Gasteiger partial charge in [-0.1, -0.05) is 25.2 Å². The Morgan fingerprint density at radius 2 is 2.09 bits per heavy atom. The summed E-state index contributed by atoms with van der Waals surface area (Å²) in [4.78, 5) is 9.66. The molecule has 0 bridgehead atoms. The van der Waals surface area contributed by atoms with Crippen LogP contribution in [0.2, 0.25) is 0 Å². The molecule has 2 heteroatoms. The minimum atomic E-state index is 0.0185. The van der Waals surface area contributed by atoms with Crippen molar-refractivity contribution in [2.24, 2.45) is 5.92 Å². The summed E-state index contributed by atoms with van der Waals surface area (Å²) in [5.74, 6) is 0.0185. The third kappa shape index (κ3) is 17.6. The van der Waals surface area contributed by atoms with Gasteiger partial charge in [-0.3, -0.25) is 0 Å². The molecule has 0 aliphatic rings. The van der Waals surface area contributed by atoms with Gasteiger partial charge in [-0.2, -0.15) is 0 Å². The summed E-state index contributed by atoms with van der Waals surface area (Å²) >= 11 is 0. The maximum atomic E-state index is 9.66. The number of carbonyl (C=O) groups is 1. The number of allylic oxidation sites excluding steroid dienone is 1. The summed E-state index contributed by atoms with van der Waals surface area (Å²) in [6.07, 6.45) is 2.46. The number of carbonyl (C=O) groups excluding carboxylic acids is 1. The Balaban J connectivity index is 0. The van der Waals surface area contributed by atoms with Crippen LogP contribution in [0.1, 0.15) is 13.8 Å². The van der Waals surface area contributed by atoms with Gasteiger partial charge < -0.3 is 9.90 Å². The van der Waals surface area contributed by atoms with Crippen LogP contribution in [0.5, 0.6) is 0 Å². The quantitative estimate of drug-likeness (QED) is 0.497. The van der Waals surface area contributed by atoms with Crippen molar-refractivity contribution in [3.05, 3.63) is 24.8 Å². The van der Waals surface area contributed by atoms with Crippen LogP contribution in [-0.2, 0) is 4.79 Å². The smallest absolute Gasteiger partial charge is 0.126 e. The summed E-state index contributed by atoms with van der Waals surface area (Å²) in [7, 11) is 0. The minimum absolute atomic E-state index is 0.0185. The number of aliphatic hydroxyl groups excluding tert-OH is 1. The number of hydrogen-bond donors (Lipinski definition) is 1. The third-order valence-electron chi connectivity index (χ3n) is 0.856. The van der Waals surface area contributed by atoms with Crippen molar-refractivity contribution < 1.29 is 9.90 Å². The first-order valence-electron chi connectivity index (χ1n) is 3.41. The Hall–Kier alpha value is -0.890. The second-order valence-corrected chi connectivity index (χ2v) is 2.35. The van der Waals surface area contributed by atoms with Crippen molar-refractivity contribution in [1.29, 1.82) is 0 Å². The molecule has 0 aromatic carbocycles. The van der Waals surface area contributed by atoms with Gasteiger partial charge in [-0.25, -0.2) is 0 Å². The zero-order chi connectivity index (χ0) is 9.28. The van der Waals surface area contributed by atoms with E-state index in [2.05, 4.69) is 13.2 Å². The largest absolute Gasteiger partial charge is 0.392 e. The monoisotopic (exact) mass is 156 g/mol. The summed E-state index contributed by atoms with van der Waals surface area (Å²) in [6.45, 7) is 10.5. The molecule has 1 N–H and O–H groups in total. The van der Waals surface area contributed by atoms with E-state index in [4.69, 9.17) is 5.11 Å². The lowest BCUT2D eigenvalue weighted by Gasteiger charge is -1.83. The SMILES string of the molecule is C=C(C)CO.C=CC(C)C=O. The van der Waals surface area contributed by atoms with E-state index >= 15 is 0 Å². The molecule has 0 saturated heterocycles. The molecular weight excluding hydrogens is 140 g/mol. The number of rotatable bonds is 3. The predicted octanol–water partition coefficient (Wildman–Crippen LogP) is 1.56. The van der Waals surface area contributed by atoms with E-state index in [0.717, 1.165) is 11.9 Å². The van der Waals surface area contributed by atoms with Gasteiger partial charge in [-0.05, 0) is 6.92 Å². The Morgan fingerprint density at radius 1 is 1.73 bits per heavy atom. The van der Waals surface area contributed by atoms with Crippen LogP contribution in [0.4, 0.5) is 0 Å². The van der Waals surface area contributed by atoms with Crippen molar-refractivity contribution in [1.82, 2.24) is 0 Å². The molecule has 0 saturated carbocycles. The van der Waals surface area contributed by atoms with E-state index in [1.807, 2.05) is 0 Å². The first-order chi connectivity index (χ1) is 5.08. The molecule has 0 aromatic rings. The first-order valence-corrected chi connectivity index (χ1v) is 3.41. The predicted molar refractivity (Wildman–Crippen MR) is 47.3 cm³/mol. The molecule has 0 aromatic heterocycles. The Bertz CT molecular complexity index is 120. The van der Waals surface area contributed by atoms with E-state index < -0.39 is 0 Å². The highest BCUT2D eigenvalue weighted by molar-refractivity contribution is 5.55. The maximum Gasteiger partial charge on any atom is 0.126 e.